The van der Waals surface area contributed by atoms with Crippen LogP contribution in [0.2, 0.25) is 0 Å². The maximum atomic E-state index is 14.5. The van der Waals surface area contributed by atoms with Gasteiger partial charge >= 0.3 is 0 Å². The smallest absolute Gasteiger partial charge is 0.235 e. The third-order valence-corrected chi connectivity index (χ3v) is 6.84. The fraction of sp³-hybridized carbons (Fsp3) is 0.294. The Hall–Kier alpha value is -1.69. The Morgan fingerprint density at radius 1 is 1.11 bits per heavy atom. The van der Waals surface area contributed by atoms with Crippen LogP contribution in [0.4, 0.5) is 30.2 Å². The number of anilines is 3. The number of methoxy groups -OCH3 is 1. The number of ether oxygens (including phenoxy) is 1. The summed E-state index contributed by atoms with van der Waals surface area (Å²) in [5.74, 6) is -3.52. The van der Waals surface area contributed by atoms with Crippen molar-refractivity contribution in [3.8, 4) is 5.75 Å². The van der Waals surface area contributed by atoms with Crippen molar-refractivity contribution in [2.45, 2.75) is 24.5 Å². The van der Waals surface area contributed by atoms with E-state index in [-0.39, 0.29) is 17.1 Å². The van der Waals surface area contributed by atoms with Crippen LogP contribution in [0, 0.1) is 21.0 Å². The lowest BCUT2D eigenvalue weighted by Gasteiger charge is -2.27. The molecule has 0 atom stereocenters. The van der Waals surface area contributed by atoms with Gasteiger partial charge in [-0.1, -0.05) is 6.42 Å². The summed E-state index contributed by atoms with van der Waals surface area (Å²) in [6.45, 7) is 0. The number of benzene rings is 2. The van der Waals surface area contributed by atoms with E-state index >= 15 is 0 Å². The SMILES string of the molecule is COc1cc(F)c(F)c(Nc2ccc(I)cc2F)c1NS(=O)(=O)C1CCC1. The second kappa shape index (κ2) is 7.74. The number of hydrogen-bond donors (Lipinski definition) is 2. The molecule has 0 aliphatic heterocycles. The first-order chi connectivity index (χ1) is 12.7. The van der Waals surface area contributed by atoms with Crippen LogP contribution < -0.4 is 14.8 Å². The van der Waals surface area contributed by atoms with Gasteiger partial charge in [0.15, 0.2) is 11.6 Å². The first kappa shape index (κ1) is 20.1. The highest BCUT2D eigenvalue weighted by Crippen LogP contribution is 2.41. The molecule has 2 N–H and O–H groups in total. The molecule has 2 aromatic carbocycles. The maximum absolute atomic E-state index is 14.5. The van der Waals surface area contributed by atoms with Gasteiger partial charge in [0.25, 0.3) is 0 Å². The summed E-state index contributed by atoms with van der Waals surface area (Å²) in [7, 11) is -2.63. The van der Waals surface area contributed by atoms with Crippen LogP contribution in [0.5, 0.6) is 5.75 Å². The minimum absolute atomic E-state index is 0.133. The van der Waals surface area contributed by atoms with E-state index in [1.807, 2.05) is 22.6 Å². The maximum Gasteiger partial charge on any atom is 0.235 e. The van der Waals surface area contributed by atoms with Gasteiger partial charge in [0.2, 0.25) is 10.0 Å². The number of halogens is 4. The second-order valence-electron chi connectivity index (χ2n) is 6.07. The van der Waals surface area contributed by atoms with E-state index in [1.165, 1.54) is 19.2 Å². The van der Waals surface area contributed by atoms with Crippen molar-refractivity contribution in [3.63, 3.8) is 0 Å². The van der Waals surface area contributed by atoms with Gasteiger partial charge in [-0.25, -0.2) is 21.6 Å². The van der Waals surface area contributed by atoms with Crippen LogP contribution in [0.3, 0.4) is 0 Å². The molecule has 0 bridgehead atoms. The van der Waals surface area contributed by atoms with E-state index in [2.05, 4.69) is 10.0 Å². The van der Waals surface area contributed by atoms with Gasteiger partial charge in [-0.15, -0.1) is 0 Å². The second-order valence-corrected chi connectivity index (χ2v) is 9.28. The molecule has 5 nitrogen and oxygen atoms in total. The molecule has 1 aliphatic carbocycles. The first-order valence-electron chi connectivity index (χ1n) is 8.02. The molecular weight excluding hydrogens is 496 g/mol. The molecule has 27 heavy (non-hydrogen) atoms. The zero-order valence-electron chi connectivity index (χ0n) is 14.2. The number of nitrogens with one attached hydrogen (secondary N) is 2. The summed E-state index contributed by atoms with van der Waals surface area (Å²) in [5.41, 5.74) is -0.984. The van der Waals surface area contributed by atoms with Crippen molar-refractivity contribution in [3.05, 3.63) is 45.3 Å². The molecule has 0 aromatic heterocycles. The first-order valence-corrected chi connectivity index (χ1v) is 10.6. The minimum atomic E-state index is -3.82. The summed E-state index contributed by atoms with van der Waals surface area (Å²) in [6.07, 6.45) is 1.74. The lowest BCUT2D eigenvalue weighted by molar-refractivity contribution is 0.409. The third-order valence-electron chi connectivity index (χ3n) is 4.33. The van der Waals surface area contributed by atoms with Crippen LogP contribution in [0.25, 0.3) is 0 Å². The van der Waals surface area contributed by atoms with E-state index in [0.29, 0.717) is 16.4 Å². The highest BCUT2D eigenvalue weighted by molar-refractivity contribution is 14.1. The zero-order chi connectivity index (χ0) is 19.8. The van der Waals surface area contributed by atoms with Crippen molar-refractivity contribution in [1.82, 2.24) is 0 Å². The summed E-state index contributed by atoms with van der Waals surface area (Å²) in [6, 6.07) is 4.86. The van der Waals surface area contributed by atoms with Gasteiger partial charge in [0, 0.05) is 9.64 Å². The Morgan fingerprint density at radius 3 is 2.37 bits per heavy atom. The van der Waals surface area contributed by atoms with Gasteiger partial charge in [-0.2, -0.15) is 0 Å². The highest BCUT2D eigenvalue weighted by atomic mass is 127. The molecule has 0 saturated heterocycles. The molecule has 146 valence electrons. The molecule has 0 radical (unpaired) electrons. The van der Waals surface area contributed by atoms with Crippen molar-refractivity contribution in [1.29, 1.82) is 0 Å². The zero-order valence-corrected chi connectivity index (χ0v) is 17.1. The normalized spacial score (nSPS) is 14.6. The molecular formula is C17H16F3IN2O3S. The topological polar surface area (TPSA) is 67.4 Å². The molecule has 0 heterocycles. The van der Waals surface area contributed by atoms with Crippen LogP contribution in [-0.4, -0.2) is 20.8 Å². The lowest BCUT2D eigenvalue weighted by Crippen LogP contribution is -2.33. The van der Waals surface area contributed by atoms with Gasteiger partial charge in [-0.05, 0) is 53.6 Å². The molecule has 0 spiro atoms. The molecule has 2 aromatic rings. The van der Waals surface area contributed by atoms with Gasteiger partial charge in [-0.3, -0.25) is 4.72 Å². The quantitative estimate of drug-likeness (QED) is 0.549. The lowest BCUT2D eigenvalue weighted by atomic mass is 10.0. The summed E-state index contributed by atoms with van der Waals surface area (Å²) in [5, 5.41) is 1.84. The van der Waals surface area contributed by atoms with E-state index in [0.717, 1.165) is 12.5 Å². The van der Waals surface area contributed by atoms with Gasteiger partial charge < -0.3 is 10.1 Å². The Morgan fingerprint density at radius 2 is 1.81 bits per heavy atom. The number of rotatable bonds is 6. The van der Waals surface area contributed by atoms with E-state index in [4.69, 9.17) is 4.74 Å². The average molecular weight is 512 g/mol. The molecule has 0 unspecified atom stereocenters. The average Bonchev–Trinajstić information content (AvgIpc) is 2.53. The van der Waals surface area contributed by atoms with Gasteiger partial charge in [0.1, 0.15) is 22.9 Å². The third kappa shape index (κ3) is 4.10. The Bertz CT molecular complexity index is 982. The van der Waals surface area contributed by atoms with Crippen LogP contribution in [0.1, 0.15) is 19.3 Å². The molecule has 3 rings (SSSR count). The molecule has 1 saturated carbocycles. The van der Waals surface area contributed by atoms with Crippen LogP contribution in [0.15, 0.2) is 24.3 Å². The van der Waals surface area contributed by atoms with Crippen molar-refractivity contribution in [2.75, 3.05) is 17.1 Å². The van der Waals surface area contributed by atoms with Crippen LogP contribution in [-0.2, 0) is 10.0 Å². The van der Waals surface area contributed by atoms with E-state index in [1.54, 1.807) is 6.07 Å². The molecule has 10 heteroatoms. The van der Waals surface area contributed by atoms with E-state index in [9.17, 15) is 21.6 Å². The molecule has 1 fully saturated rings. The largest absolute Gasteiger partial charge is 0.494 e. The summed E-state index contributed by atoms with van der Waals surface area (Å²) < 4.78 is 75.5. The van der Waals surface area contributed by atoms with E-state index < -0.39 is 38.4 Å². The fourth-order valence-corrected chi connectivity index (χ4v) is 4.68. The van der Waals surface area contributed by atoms with Crippen molar-refractivity contribution < 1.29 is 26.3 Å². The molecule has 0 amide bonds. The standard InChI is InChI=1S/C17H16F3IN2O3S/c1-26-14-8-12(19)15(20)17(22-13-6-5-9(21)7-11(13)18)16(14)23-27(24,25)10-3-2-4-10/h5-8,10,22-23H,2-4H2,1H3. The van der Waals surface area contributed by atoms with Crippen LogP contribution >= 0.6 is 22.6 Å². The van der Waals surface area contributed by atoms with Crippen molar-refractivity contribution in [2.24, 2.45) is 0 Å². The predicted octanol–water partition coefficient (Wildman–Crippen LogP) is 4.75. The number of sulfonamides is 1. The Labute approximate surface area is 168 Å². The monoisotopic (exact) mass is 512 g/mol. The van der Waals surface area contributed by atoms with Crippen molar-refractivity contribution >= 4 is 49.7 Å². The Balaban J connectivity index is 2.09. The summed E-state index contributed by atoms with van der Waals surface area (Å²) >= 11 is 1.91. The number of hydrogen-bond acceptors (Lipinski definition) is 4. The Kier molecular flexibility index (Phi) is 5.75. The summed E-state index contributed by atoms with van der Waals surface area (Å²) in [4.78, 5) is 0. The fourth-order valence-electron chi connectivity index (χ4n) is 2.61. The molecule has 1 aliphatic rings. The highest BCUT2D eigenvalue weighted by Gasteiger charge is 2.33. The predicted molar refractivity (Wildman–Crippen MR) is 105 cm³/mol. The minimum Gasteiger partial charge on any atom is -0.494 e. The van der Waals surface area contributed by atoms with Gasteiger partial charge in [0.05, 0.1) is 18.0 Å².